The van der Waals surface area contributed by atoms with Crippen LogP contribution in [0.3, 0.4) is 0 Å². The van der Waals surface area contributed by atoms with Gasteiger partial charge in [0.05, 0.1) is 18.6 Å². The third kappa shape index (κ3) is 2.56. The number of nitrogens with zero attached hydrogens (tertiary/aromatic N) is 2. The van der Waals surface area contributed by atoms with Crippen molar-refractivity contribution < 1.29 is 17.9 Å². The van der Waals surface area contributed by atoms with Gasteiger partial charge >= 0.3 is 0 Å². The number of amides is 1. The third-order valence-corrected chi connectivity index (χ3v) is 7.62. The van der Waals surface area contributed by atoms with Gasteiger partial charge in [-0.3, -0.25) is 4.79 Å². The number of ether oxygens (including phenoxy) is 1. The molecule has 0 unspecified atom stereocenters. The maximum atomic E-state index is 13.3. The molecule has 1 spiro atoms. The van der Waals surface area contributed by atoms with Gasteiger partial charge in [0.1, 0.15) is 5.75 Å². The Kier molecular flexibility index (Phi) is 4.45. The highest BCUT2D eigenvalue weighted by molar-refractivity contribution is 7.86. The second-order valence-electron chi connectivity index (χ2n) is 7.30. The molecule has 2 aromatic carbocycles. The predicted molar refractivity (Wildman–Crippen MR) is 106 cm³/mol. The summed E-state index contributed by atoms with van der Waals surface area (Å²) >= 11 is 0. The maximum absolute atomic E-state index is 13.3. The lowest BCUT2D eigenvalue weighted by molar-refractivity contribution is -0.121. The summed E-state index contributed by atoms with van der Waals surface area (Å²) in [7, 11) is 0.839. The van der Waals surface area contributed by atoms with E-state index in [1.54, 1.807) is 13.2 Å². The number of benzene rings is 2. The van der Waals surface area contributed by atoms with Crippen molar-refractivity contribution >= 4 is 21.8 Å². The van der Waals surface area contributed by atoms with Crippen LogP contribution in [0.2, 0.25) is 0 Å². The van der Waals surface area contributed by atoms with Crippen LogP contribution in [0.15, 0.2) is 48.5 Å². The summed E-state index contributed by atoms with van der Waals surface area (Å²) in [5, 5.41) is 2.95. The Morgan fingerprint density at radius 1 is 1.18 bits per heavy atom. The molecule has 0 bridgehead atoms. The largest absolute Gasteiger partial charge is 0.497 e. The molecular weight excluding hydrogens is 378 g/mol. The van der Waals surface area contributed by atoms with Gasteiger partial charge < -0.3 is 10.1 Å². The van der Waals surface area contributed by atoms with Gasteiger partial charge in [-0.15, -0.1) is 0 Å². The molecule has 2 aliphatic heterocycles. The van der Waals surface area contributed by atoms with Crippen LogP contribution in [-0.4, -0.2) is 50.7 Å². The van der Waals surface area contributed by atoms with Crippen LogP contribution in [0.25, 0.3) is 0 Å². The molecule has 2 aliphatic rings. The van der Waals surface area contributed by atoms with Crippen LogP contribution in [-0.2, 0) is 20.4 Å². The number of fused-ring (bicyclic) bond motifs is 2. The van der Waals surface area contributed by atoms with E-state index < -0.39 is 21.7 Å². The first-order valence-electron chi connectivity index (χ1n) is 9.06. The number of nitrogens with one attached hydrogen (secondary N) is 1. The van der Waals surface area contributed by atoms with Crippen LogP contribution in [0.5, 0.6) is 5.75 Å². The second kappa shape index (κ2) is 6.58. The standard InChI is InChI=1S/C20H23N3O4S/c1-22(2)28(25,26)23-12-11-20(16-9-4-5-10-17(16)21-19(20)24)18(23)14-7-6-8-15(13-14)27-3/h4-10,13,18H,11-12H2,1-3H3,(H,21,24)/t18-,20+/m0/s1. The fraction of sp³-hybridized carbons (Fsp3) is 0.350. The SMILES string of the molecule is COc1cccc([C@@H]2N(S(=O)(=O)N(C)C)CC[C@]23C(=O)Nc2ccccc23)c1. The fourth-order valence-corrected chi connectivity index (χ4v) is 5.69. The summed E-state index contributed by atoms with van der Waals surface area (Å²) in [4.78, 5) is 13.3. The number of carbonyl (C=O) groups is 1. The molecule has 1 amide bonds. The Balaban J connectivity index is 1.96. The predicted octanol–water partition coefficient (Wildman–Crippen LogP) is 2.14. The van der Waals surface area contributed by atoms with Crippen molar-refractivity contribution in [1.29, 1.82) is 0 Å². The average Bonchev–Trinajstić information content (AvgIpc) is 3.22. The van der Waals surface area contributed by atoms with Crippen molar-refractivity contribution in [2.45, 2.75) is 17.9 Å². The quantitative estimate of drug-likeness (QED) is 0.851. The molecule has 1 fully saturated rings. The first kappa shape index (κ1) is 18.9. The van der Waals surface area contributed by atoms with Crippen molar-refractivity contribution in [2.75, 3.05) is 33.1 Å². The molecule has 1 saturated heterocycles. The van der Waals surface area contributed by atoms with E-state index in [0.29, 0.717) is 12.2 Å². The Morgan fingerprint density at radius 2 is 1.93 bits per heavy atom. The number of para-hydroxylation sites is 1. The van der Waals surface area contributed by atoms with Gasteiger partial charge in [0, 0.05) is 26.3 Å². The lowest BCUT2D eigenvalue weighted by atomic mass is 9.73. The van der Waals surface area contributed by atoms with Crippen molar-refractivity contribution in [3.8, 4) is 5.75 Å². The zero-order valence-corrected chi connectivity index (χ0v) is 16.9. The second-order valence-corrected chi connectivity index (χ2v) is 9.40. The van der Waals surface area contributed by atoms with Gasteiger partial charge in [-0.2, -0.15) is 17.0 Å². The van der Waals surface area contributed by atoms with Gasteiger partial charge in [0.2, 0.25) is 5.91 Å². The van der Waals surface area contributed by atoms with Crippen LogP contribution in [0.4, 0.5) is 5.69 Å². The highest BCUT2D eigenvalue weighted by Gasteiger charge is 2.61. The van der Waals surface area contributed by atoms with Gasteiger partial charge in [-0.05, 0) is 35.7 Å². The third-order valence-electron chi connectivity index (χ3n) is 5.71. The number of hydrogen-bond donors (Lipinski definition) is 1. The van der Waals surface area contributed by atoms with E-state index in [1.807, 2.05) is 42.5 Å². The number of hydrogen-bond acceptors (Lipinski definition) is 4. The molecule has 0 saturated carbocycles. The van der Waals surface area contributed by atoms with Gasteiger partial charge in [0.25, 0.3) is 10.2 Å². The first-order chi connectivity index (χ1) is 13.3. The van der Waals surface area contributed by atoms with Gasteiger partial charge in [-0.25, -0.2) is 0 Å². The van der Waals surface area contributed by atoms with Crippen LogP contribution >= 0.6 is 0 Å². The maximum Gasteiger partial charge on any atom is 0.282 e. The van der Waals surface area contributed by atoms with E-state index in [2.05, 4.69) is 5.32 Å². The lowest BCUT2D eigenvalue weighted by Crippen LogP contribution is -2.45. The molecule has 1 N–H and O–H groups in total. The summed E-state index contributed by atoms with van der Waals surface area (Å²) in [5.41, 5.74) is 1.33. The number of anilines is 1. The van der Waals surface area contributed by atoms with Crippen LogP contribution in [0, 0.1) is 0 Å². The van der Waals surface area contributed by atoms with E-state index in [-0.39, 0.29) is 12.5 Å². The minimum absolute atomic E-state index is 0.169. The van der Waals surface area contributed by atoms with Crippen molar-refractivity contribution in [3.63, 3.8) is 0 Å². The van der Waals surface area contributed by atoms with Crippen LogP contribution < -0.4 is 10.1 Å². The minimum atomic E-state index is -3.74. The van der Waals surface area contributed by atoms with E-state index >= 15 is 0 Å². The highest BCUT2D eigenvalue weighted by Crippen LogP contribution is 2.55. The van der Waals surface area contributed by atoms with Crippen molar-refractivity contribution in [3.05, 3.63) is 59.7 Å². The summed E-state index contributed by atoms with van der Waals surface area (Å²) in [5.74, 6) is 0.450. The van der Waals surface area contributed by atoms with E-state index in [4.69, 9.17) is 4.74 Å². The van der Waals surface area contributed by atoms with Crippen molar-refractivity contribution in [1.82, 2.24) is 8.61 Å². The number of rotatable bonds is 4. The molecule has 2 atom stereocenters. The summed E-state index contributed by atoms with van der Waals surface area (Å²) in [6.45, 7) is 0.254. The monoisotopic (exact) mass is 401 g/mol. The number of methoxy groups -OCH3 is 1. The topological polar surface area (TPSA) is 79.0 Å². The Morgan fingerprint density at radius 3 is 2.64 bits per heavy atom. The van der Waals surface area contributed by atoms with E-state index in [1.165, 1.54) is 22.7 Å². The molecule has 28 heavy (non-hydrogen) atoms. The molecule has 2 heterocycles. The average molecular weight is 401 g/mol. The molecule has 4 rings (SSSR count). The van der Waals surface area contributed by atoms with Crippen LogP contribution in [0.1, 0.15) is 23.6 Å². The molecule has 0 radical (unpaired) electrons. The molecule has 8 heteroatoms. The molecular formula is C20H23N3O4S. The summed E-state index contributed by atoms with van der Waals surface area (Å²) in [6, 6.07) is 14.1. The zero-order chi connectivity index (χ0) is 20.1. The molecule has 7 nitrogen and oxygen atoms in total. The van der Waals surface area contributed by atoms with E-state index in [0.717, 1.165) is 16.8 Å². The fourth-order valence-electron chi connectivity index (χ4n) is 4.38. The summed E-state index contributed by atoms with van der Waals surface area (Å²) in [6.07, 6.45) is 0.408. The molecule has 2 aromatic rings. The minimum Gasteiger partial charge on any atom is -0.497 e. The lowest BCUT2D eigenvalue weighted by Gasteiger charge is -2.35. The Bertz CT molecular complexity index is 1040. The molecule has 0 aromatic heterocycles. The summed E-state index contributed by atoms with van der Waals surface area (Å²) < 4.78 is 34.2. The Hall–Kier alpha value is -2.42. The zero-order valence-electron chi connectivity index (χ0n) is 16.0. The van der Waals surface area contributed by atoms with Gasteiger partial charge in [0.15, 0.2) is 0 Å². The van der Waals surface area contributed by atoms with E-state index in [9.17, 15) is 13.2 Å². The van der Waals surface area contributed by atoms with Gasteiger partial charge in [-0.1, -0.05) is 30.3 Å². The number of carbonyl (C=O) groups excluding carboxylic acids is 1. The molecule has 148 valence electrons. The first-order valence-corrected chi connectivity index (χ1v) is 10.5. The van der Waals surface area contributed by atoms with Crippen molar-refractivity contribution in [2.24, 2.45) is 0 Å². The highest BCUT2D eigenvalue weighted by atomic mass is 32.2. The smallest absolute Gasteiger partial charge is 0.282 e. The Labute approximate surface area is 165 Å². The molecule has 0 aliphatic carbocycles. The normalized spacial score (nSPS) is 24.6.